The molecule has 2 heterocycles. The highest BCUT2D eigenvalue weighted by molar-refractivity contribution is 8.00. The van der Waals surface area contributed by atoms with Gasteiger partial charge >= 0.3 is 0 Å². The van der Waals surface area contributed by atoms with Gasteiger partial charge in [-0.3, -0.25) is 0 Å². The Bertz CT molecular complexity index is 733. The quantitative estimate of drug-likeness (QED) is 0.689. The Morgan fingerprint density at radius 2 is 1.90 bits per heavy atom. The van der Waals surface area contributed by atoms with Crippen LogP contribution in [0.2, 0.25) is 0 Å². The lowest BCUT2D eigenvalue weighted by Gasteiger charge is -2.25. The zero-order valence-corrected chi connectivity index (χ0v) is 11.7. The largest absolute Gasteiger partial charge is 0.491 e. The van der Waals surface area contributed by atoms with Crippen LogP contribution >= 0.6 is 11.8 Å². The molecule has 1 unspecified atom stereocenters. The molecular weight excluding hydrogens is 268 g/mol. The summed E-state index contributed by atoms with van der Waals surface area (Å²) in [5.74, 6) is 1.00. The summed E-state index contributed by atoms with van der Waals surface area (Å²) < 4.78 is 11.4. The molecule has 4 rings (SSSR count). The van der Waals surface area contributed by atoms with Crippen LogP contribution in [0.1, 0.15) is 5.56 Å². The summed E-state index contributed by atoms with van der Waals surface area (Å²) in [6, 6.07) is 16.7. The number of hydrogen-bond donors (Lipinski definition) is 0. The van der Waals surface area contributed by atoms with Crippen LogP contribution in [0.15, 0.2) is 64.1 Å². The predicted molar refractivity (Wildman–Crippen MR) is 81.5 cm³/mol. The first-order valence-electron chi connectivity index (χ1n) is 6.74. The predicted octanol–water partition coefficient (Wildman–Crippen LogP) is 4.53. The molecule has 0 saturated heterocycles. The number of fused-ring (bicyclic) bond motifs is 3. The van der Waals surface area contributed by atoms with E-state index in [4.69, 9.17) is 9.15 Å². The third kappa shape index (κ3) is 2.08. The molecule has 1 aliphatic heterocycles. The molecule has 100 valence electrons. The third-order valence-corrected chi connectivity index (χ3v) is 4.75. The summed E-state index contributed by atoms with van der Waals surface area (Å²) in [7, 11) is 0. The molecule has 0 radical (unpaired) electrons. The highest BCUT2D eigenvalue weighted by atomic mass is 32.2. The van der Waals surface area contributed by atoms with Crippen molar-refractivity contribution in [3.05, 3.63) is 60.4 Å². The molecule has 0 aliphatic carbocycles. The zero-order valence-electron chi connectivity index (χ0n) is 10.9. The van der Waals surface area contributed by atoms with Gasteiger partial charge in [0.1, 0.15) is 17.9 Å². The van der Waals surface area contributed by atoms with Gasteiger partial charge in [-0.15, -0.1) is 11.8 Å². The molecule has 20 heavy (non-hydrogen) atoms. The molecule has 0 bridgehead atoms. The molecular formula is C17H14O2S. The van der Waals surface area contributed by atoms with E-state index >= 15 is 0 Å². The van der Waals surface area contributed by atoms with E-state index in [0.29, 0.717) is 5.25 Å². The molecule has 2 nitrogen and oxygen atoms in total. The molecule has 1 aromatic heterocycles. The second-order valence-corrected chi connectivity index (χ2v) is 6.33. The first-order chi connectivity index (χ1) is 9.90. The summed E-state index contributed by atoms with van der Waals surface area (Å²) in [4.78, 5) is 1.30. The number of hydrogen-bond acceptors (Lipinski definition) is 3. The third-order valence-electron chi connectivity index (χ3n) is 3.57. The van der Waals surface area contributed by atoms with Crippen LogP contribution in [0.4, 0.5) is 0 Å². The monoisotopic (exact) mass is 282 g/mol. The summed E-state index contributed by atoms with van der Waals surface area (Å²) >= 11 is 1.89. The Labute approximate surface area is 121 Å². The summed E-state index contributed by atoms with van der Waals surface area (Å²) in [6.07, 6.45) is 2.76. The van der Waals surface area contributed by atoms with Crippen molar-refractivity contribution in [2.24, 2.45) is 0 Å². The molecule has 0 N–H and O–H groups in total. The minimum Gasteiger partial charge on any atom is -0.491 e. The van der Waals surface area contributed by atoms with Crippen LogP contribution in [0.25, 0.3) is 11.0 Å². The van der Waals surface area contributed by atoms with Gasteiger partial charge in [0.2, 0.25) is 0 Å². The van der Waals surface area contributed by atoms with E-state index in [1.807, 2.05) is 30.0 Å². The maximum Gasteiger partial charge on any atom is 0.137 e. The van der Waals surface area contributed by atoms with Crippen molar-refractivity contribution in [3.8, 4) is 5.75 Å². The average Bonchev–Trinajstić information content (AvgIpc) is 2.97. The van der Waals surface area contributed by atoms with Crippen LogP contribution in [-0.2, 0) is 6.42 Å². The fourth-order valence-corrected chi connectivity index (χ4v) is 3.74. The van der Waals surface area contributed by atoms with E-state index in [1.54, 1.807) is 6.26 Å². The number of benzene rings is 2. The smallest absolute Gasteiger partial charge is 0.137 e. The molecule has 1 atom stereocenters. The summed E-state index contributed by atoms with van der Waals surface area (Å²) in [5.41, 5.74) is 2.18. The van der Waals surface area contributed by atoms with Crippen molar-refractivity contribution in [2.75, 3.05) is 6.61 Å². The first kappa shape index (κ1) is 11.9. The van der Waals surface area contributed by atoms with Gasteiger partial charge in [0.15, 0.2) is 0 Å². The lowest BCUT2D eigenvalue weighted by atomic mass is 10.0. The Morgan fingerprint density at radius 1 is 1.00 bits per heavy atom. The summed E-state index contributed by atoms with van der Waals surface area (Å²) in [5, 5.41) is 1.56. The van der Waals surface area contributed by atoms with Crippen molar-refractivity contribution >= 4 is 22.7 Å². The number of thioether (sulfide) groups is 1. The van der Waals surface area contributed by atoms with Gasteiger partial charge in [0, 0.05) is 10.1 Å². The minimum absolute atomic E-state index is 0.467. The molecule has 0 amide bonds. The number of rotatable bonds is 2. The van der Waals surface area contributed by atoms with E-state index < -0.39 is 0 Å². The lowest BCUT2D eigenvalue weighted by Crippen LogP contribution is -2.23. The summed E-state index contributed by atoms with van der Waals surface area (Å²) in [6.45, 7) is 0.747. The Morgan fingerprint density at radius 3 is 2.80 bits per heavy atom. The molecule has 0 fully saturated rings. The second-order valence-electron chi connectivity index (χ2n) is 4.95. The first-order valence-corrected chi connectivity index (χ1v) is 7.62. The molecule has 0 spiro atoms. The highest BCUT2D eigenvalue weighted by Crippen LogP contribution is 2.37. The van der Waals surface area contributed by atoms with Gasteiger partial charge in [-0.25, -0.2) is 0 Å². The Balaban J connectivity index is 1.60. The minimum atomic E-state index is 0.467. The molecule has 2 aromatic carbocycles. The average molecular weight is 282 g/mol. The standard InChI is InChI=1S/C17H14O2S/c1-2-4-13(5-3-1)20-14-10-12-6-7-16-15(8-9-18-16)17(12)19-11-14/h1-9,14H,10-11H2. The lowest BCUT2D eigenvalue weighted by molar-refractivity contribution is 0.298. The van der Waals surface area contributed by atoms with Gasteiger partial charge in [-0.05, 0) is 36.2 Å². The highest BCUT2D eigenvalue weighted by Gasteiger charge is 2.23. The van der Waals surface area contributed by atoms with Crippen molar-refractivity contribution in [1.29, 1.82) is 0 Å². The normalized spacial score (nSPS) is 17.7. The maximum absolute atomic E-state index is 6.00. The zero-order chi connectivity index (χ0) is 13.4. The van der Waals surface area contributed by atoms with Crippen molar-refractivity contribution in [1.82, 2.24) is 0 Å². The molecule has 1 aliphatic rings. The van der Waals surface area contributed by atoms with E-state index in [1.165, 1.54) is 10.5 Å². The van der Waals surface area contributed by atoms with Crippen LogP contribution in [0.3, 0.4) is 0 Å². The van der Waals surface area contributed by atoms with Gasteiger partial charge in [-0.2, -0.15) is 0 Å². The Kier molecular flexibility index (Phi) is 2.92. The van der Waals surface area contributed by atoms with E-state index in [0.717, 1.165) is 29.7 Å². The van der Waals surface area contributed by atoms with Gasteiger partial charge < -0.3 is 9.15 Å². The van der Waals surface area contributed by atoms with Crippen LogP contribution in [-0.4, -0.2) is 11.9 Å². The van der Waals surface area contributed by atoms with Crippen molar-refractivity contribution in [2.45, 2.75) is 16.6 Å². The van der Waals surface area contributed by atoms with Gasteiger partial charge in [0.05, 0.1) is 11.6 Å². The van der Waals surface area contributed by atoms with Crippen molar-refractivity contribution < 1.29 is 9.15 Å². The van der Waals surface area contributed by atoms with Crippen LogP contribution < -0.4 is 4.74 Å². The number of ether oxygens (including phenoxy) is 1. The molecule has 0 saturated carbocycles. The maximum atomic E-state index is 6.00. The molecule has 3 aromatic rings. The Hall–Kier alpha value is -1.87. The fraction of sp³-hybridized carbons (Fsp3) is 0.176. The van der Waals surface area contributed by atoms with Gasteiger partial charge in [0.25, 0.3) is 0 Å². The van der Waals surface area contributed by atoms with Crippen molar-refractivity contribution in [3.63, 3.8) is 0 Å². The van der Waals surface area contributed by atoms with E-state index in [2.05, 4.69) is 30.3 Å². The van der Waals surface area contributed by atoms with Crippen LogP contribution in [0, 0.1) is 0 Å². The second kappa shape index (κ2) is 4.91. The SMILES string of the molecule is c1ccc(SC2COc3c(ccc4occc34)C2)cc1. The number of furan rings is 1. The van der Waals surface area contributed by atoms with E-state index in [9.17, 15) is 0 Å². The van der Waals surface area contributed by atoms with E-state index in [-0.39, 0.29) is 0 Å². The van der Waals surface area contributed by atoms with Crippen LogP contribution in [0.5, 0.6) is 5.75 Å². The molecule has 3 heteroatoms. The topological polar surface area (TPSA) is 22.4 Å². The van der Waals surface area contributed by atoms with Gasteiger partial charge in [-0.1, -0.05) is 24.3 Å². The fourth-order valence-electron chi connectivity index (χ4n) is 2.64.